The SMILES string of the molecule is C1C[C@H]2COCCN2C1.O=c1[nH]c2ccc(/C=C3\c4ccccc4COc4cc(F)ccc43)cc2[nH]1. The first-order chi connectivity index (χ1) is 17.6. The van der Waals surface area contributed by atoms with Crippen LogP contribution in [0.15, 0.2) is 65.5 Å². The molecule has 2 saturated heterocycles. The molecule has 36 heavy (non-hydrogen) atoms. The van der Waals surface area contributed by atoms with Crippen LogP contribution in [-0.4, -0.2) is 47.2 Å². The maximum Gasteiger partial charge on any atom is 0.323 e. The monoisotopic (exact) mass is 485 g/mol. The van der Waals surface area contributed by atoms with Gasteiger partial charge in [-0.3, -0.25) is 4.90 Å². The number of benzene rings is 3. The van der Waals surface area contributed by atoms with Crippen molar-refractivity contribution in [3.63, 3.8) is 0 Å². The molecule has 0 unspecified atom stereocenters. The summed E-state index contributed by atoms with van der Waals surface area (Å²) >= 11 is 0. The lowest BCUT2D eigenvalue weighted by molar-refractivity contribution is 0.0129. The van der Waals surface area contributed by atoms with Crippen molar-refractivity contribution in [3.05, 3.63) is 99.2 Å². The molecule has 1 atom stereocenters. The normalized spacial score (nSPS) is 20.0. The largest absolute Gasteiger partial charge is 0.488 e. The van der Waals surface area contributed by atoms with E-state index in [4.69, 9.17) is 9.47 Å². The quantitative estimate of drug-likeness (QED) is 0.400. The Hall–Kier alpha value is -3.68. The van der Waals surface area contributed by atoms with Crippen LogP contribution >= 0.6 is 0 Å². The molecule has 0 bridgehead atoms. The number of H-pyrrole nitrogens is 2. The fourth-order valence-electron chi connectivity index (χ4n) is 5.29. The first-order valence-electron chi connectivity index (χ1n) is 12.4. The van der Waals surface area contributed by atoms with Crippen LogP contribution in [-0.2, 0) is 11.3 Å². The number of aromatic nitrogens is 2. The molecule has 3 aliphatic heterocycles. The molecule has 2 fully saturated rings. The Morgan fingerprint density at radius 2 is 1.86 bits per heavy atom. The van der Waals surface area contributed by atoms with Gasteiger partial charge in [0.25, 0.3) is 0 Å². The van der Waals surface area contributed by atoms with Crippen LogP contribution < -0.4 is 10.4 Å². The molecule has 3 aliphatic rings. The second-order valence-electron chi connectivity index (χ2n) is 9.44. The lowest BCUT2D eigenvalue weighted by Gasteiger charge is -2.28. The average Bonchev–Trinajstić information content (AvgIpc) is 3.49. The van der Waals surface area contributed by atoms with Gasteiger partial charge in [0.2, 0.25) is 0 Å². The number of nitrogens with zero attached hydrogens (tertiary/aromatic N) is 1. The van der Waals surface area contributed by atoms with Crippen molar-refractivity contribution in [2.24, 2.45) is 0 Å². The number of ether oxygens (including phenoxy) is 2. The van der Waals surface area contributed by atoms with Crippen LogP contribution in [0.4, 0.5) is 4.39 Å². The highest BCUT2D eigenvalue weighted by molar-refractivity contribution is 5.95. The molecule has 7 heteroatoms. The molecule has 4 aromatic rings. The molecule has 7 rings (SSSR count). The number of fused-ring (bicyclic) bond motifs is 4. The molecule has 184 valence electrons. The van der Waals surface area contributed by atoms with E-state index in [2.05, 4.69) is 14.9 Å². The number of halogens is 1. The van der Waals surface area contributed by atoms with Crippen LogP contribution in [0.5, 0.6) is 5.75 Å². The summed E-state index contributed by atoms with van der Waals surface area (Å²) in [5.74, 6) is 0.193. The van der Waals surface area contributed by atoms with Gasteiger partial charge in [-0.2, -0.15) is 0 Å². The predicted octanol–water partition coefficient (Wildman–Crippen LogP) is 4.96. The summed E-state index contributed by atoms with van der Waals surface area (Å²) in [4.78, 5) is 19.6. The second-order valence-corrected chi connectivity index (χ2v) is 9.44. The minimum Gasteiger partial charge on any atom is -0.488 e. The van der Waals surface area contributed by atoms with E-state index in [0.717, 1.165) is 58.1 Å². The van der Waals surface area contributed by atoms with E-state index in [1.807, 2.05) is 48.5 Å². The number of imidazole rings is 1. The molecule has 4 heterocycles. The molecule has 0 spiro atoms. The highest BCUT2D eigenvalue weighted by atomic mass is 19.1. The van der Waals surface area contributed by atoms with E-state index in [1.54, 1.807) is 6.07 Å². The van der Waals surface area contributed by atoms with Crippen LogP contribution in [0, 0.1) is 5.82 Å². The molecular weight excluding hydrogens is 457 g/mol. The van der Waals surface area contributed by atoms with E-state index in [9.17, 15) is 9.18 Å². The molecule has 0 amide bonds. The number of hydrogen-bond donors (Lipinski definition) is 2. The third-order valence-corrected chi connectivity index (χ3v) is 7.11. The van der Waals surface area contributed by atoms with E-state index >= 15 is 0 Å². The van der Waals surface area contributed by atoms with Crippen LogP contribution in [0.2, 0.25) is 0 Å². The summed E-state index contributed by atoms with van der Waals surface area (Å²) in [6.07, 6.45) is 4.78. The minimum absolute atomic E-state index is 0.233. The van der Waals surface area contributed by atoms with Gasteiger partial charge in [0.1, 0.15) is 18.2 Å². The Balaban J connectivity index is 0.000000223. The van der Waals surface area contributed by atoms with Crippen LogP contribution in [0.25, 0.3) is 22.7 Å². The van der Waals surface area contributed by atoms with E-state index < -0.39 is 0 Å². The number of hydrogen-bond acceptors (Lipinski definition) is 4. The fourth-order valence-corrected chi connectivity index (χ4v) is 5.29. The molecule has 0 radical (unpaired) electrons. The summed E-state index contributed by atoms with van der Waals surface area (Å²) in [7, 11) is 0. The van der Waals surface area contributed by atoms with Crippen molar-refractivity contribution in [2.45, 2.75) is 25.5 Å². The fraction of sp³-hybridized carbons (Fsp3) is 0.276. The molecule has 6 nitrogen and oxygen atoms in total. The van der Waals surface area contributed by atoms with Crippen molar-refractivity contribution in [1.29, 1.82) is 0 Å². The zero-order valence-electron chi connectivity index (χ0n) is 19.9. The van der Waals surface area contributed by atoms with Crippen LogP contribution in [0.1, 0.15) is 35.1 Å². The summed E-state index contributed by atoms with van der Waals surface area (Å²) in [5, 5.41) is 0. The van der Waals surface area contributed by atoms with Gasteiger partial charge in [-0.05, 0) is 72.0 Å². The van der Waals surface area contributed by atoms with Gasteiger partial charge >= 0.3 is 5.69 Å². The highest BCUT2D eigenvalue weighted by Crippen LogP contribution is 2.38. The minimum atomic E-state index is -0.328. The van der Waals surface area contributed by atoms with E-state index in [-0.39, 0.29) is 11.5 Å². The van der Waals surface area contributed by atoms with Crippen molar-refractivity contribution in [3.8, 4) is 5.75 Å². The van der Waals surface area contributed by atoms with Crippen molar-refractivity contribution in [1.82, 2.24) is 14.9 Å². The molecule has 3 aromatic carbocycles. The predicted molar refractivity (Wildman–Crippen MR) is 138 cm³/mol. The van der Waals surface area contributed by atoms with Gasteiger partial charge in [-0.25, -0.2) is 9.18 Å². The zero-order valence-corrected chi connectivity index (χ0v) is 19.9. The number of rotatable bonds is 1. The van der Waals surface area contributed by atoms with E-state index in [1.165, 1.54) is 38.1 Å². The number of morpholine rings is 1. The molecule has 2 N–H and O–H groups in total. The van der Waals surface area contributed by atoms with Gasteiger partial charge in [0.05, 0.1) is 24.2 Å². The lowest BCUT2D eigenvalue weighted by Crippen LogP contribution is -2.40. The van der Waals surface area contributed by atoms with Gasteiger partial charge in [-0.15, -0.1) is 0 Å². The van der Waals surface area contributed by atoms with Gasteiger partial charge in [0.15, 0.2) is 0 Å². The smallest absolute Gasteiger partial charge is 0.323 e. The van der Waals surface area contributed by atoms with Crippen LogP contribution in [0.3, 0.4) is 0 Å². The average molecular weight is 486 g/mol. The lowest BCUT2D eigenvalue weighted by atomic mass is 9.92. The Bertz CT molecular complexity index is 1480. The van der Waals surface area contributed by atoms with Crippen molar-refractivity contribution < 1.29 is 13.9 Å². The molecule has 1 aromatic heterocycles. The maximum absolute atomic E-state index is 13.8. The summed E-state index contributed by atoms with van der Waals surface area (Å²) < 4.78 is 25.0. The van der Waals surface area contributed by atoms with Gasteiger partial charge in [0, 0.05) is 24.2 Å². The third kappa shape index (κ3) is 4.59. The first-order valence-corrected chi connectivity index (χ1v) is 12.4. The Kier molecular flexibility index (Phi) is 6.17. The zero-order chi connectivity index (χ0) is 24.5. The van der Waals surface area contributed by atoms with Gasteiger partial charge in [-0.1, -0.05) is 30.3 Å². The topological polar surface area (TPSA) is 70.3 Å². The third-order valence-electron chi connectivity index (χ3n) is 7.11. The summed E-state index contributed by atoms with van der Waals surface area (Å²) in [6, 6.07) is 19.1. The molecule has 0 aliphatic carbocycles. The molecule has 0 saturated carbocycles. The Morgan fingerprint density at radius 1 is 0.972 bits per heavy atom. The Labute approximate surface area is 208 Å². The highest BCUT2D eigenvalue weighted by Gasteiger charge is 2.26. The summed E-state index contributed by atoms with van der Waals surface area (Å²) in [6.45, 7) is 4.81. The number of aromatic amines is 2. The maximum atomic E-state index is 13.8. The number of nitrogens with one attached hydrogen (secondary N) is 2. The summed E-state index contributed by atoms with van der Waals surface area (Å²) in [5.41, 5.74) is 6.07. The van der Waals surface area contributed by atoms with Crippen molar-refractivity contribution in [2.75, 3.05) is 26.3 Å². The standard InChI is InChI=1S/C22H15FN2O2.C7H13NO/c23-15-6-7-17-18(9-13-5-8-19-20(10-13)25-22(26)24-19)16-4-2-1-3-14(16)12-27-21(17)11-15;1-2-7-6-9-5-4-8(7)3-1/h1-11H,12H2,(H2,24,25,26);7H,1-6H2/b18-9+;/t;7-/m.0/s1. The second kappa shape index (κ2) is 9.76. The Morgan fingerprint density at radius 3 is 2.78 bits per heavy atom. The van der Waals surface area contributed by atoms with Gasteiger partial charge < -0.3 is 19.4 Å². The molecular formula is C29H28FN3O3. The first kappa shape index (κ1) is 22.8. The van der Waals surface area contributed by atoms with E-state index in [0.29, 0.717) is 12.4 Å². The van der Waals surface area contributed by atoms with Crippen molar-refractivity contribution >= 4 is 22.7 Å².